The van der Waals surface area contributed by atoms with Crippen molar-refractivity contribution in [1.82, 2.24) is 5.32 Å². The van der Waals surface area contributed by atoms with Crippen LogP contribution in [0, 0.1) is 0 Å². The van der Waals surface area contributed by atoms with Crippen LogP contribution < -0.4 is 10.1 Å². The number of nitrogens with one attached hydrogen (secondary N) is 1. The third-order valence-corrected chi connectivity index (χ3v) is 6.05. The molecule has 0 aliphatic carbocycles. The molecule has 4 aromatic rings. The van der Waals surface area contributed by atoms with Crippen LogP contribution >= 0.6 is 0 Å². The number of benzene rings is 4. The van der Waals surface area contributed by atoms with Crippen LogP contribution in [0.15, 0.2) is 109 Å². The largest absolute Gasteiger partial charge is 0.440 e. The van der Waals surface area contributed by atoms with Crippen molar-refractivity contribution in [3.8, 4) is 5.75 Å². The van der Waals surface area contributed by atoms with E-state index < -0.39 is 11.5 Å². The highest BCUT2D eigenvalue weighted by molar-refractivity contribution is 6.17. The normalized spacial score (nSPS) is 15.3. The number of ketones is 2. The van der Waals surface area contributed by atoms with Crippen molar-refractivity contribution in [2.24, 2.45) is 0 Å². The van der Waals surface area contributed by atoms with Gasteiger partial charge in [-0.3, -0.25) is 9.59 Å². The number of carbonyl (C=O) groups excluding carboxylic acids is 2. The second kappa shape index (κ2) is 8.88. The van der Waals surface area contributed by atoms with E-state index in [1.807, 2.05) is 93.6 Å². The van der Waals surface area contributed by atoms with E-state index in [4.69, 9.17) is 4.74 Å². The van der Waals surface area contributed by atoms with Gasteiger partial charge in [0, 0.05) is 27.6 Å². The van der Waals surface area contributed by atoms with E-state index in [1.165, 1.54) is 0 Å². The Morgan fingerprint density at radius 1 is 0.743 bits per heavy atom. The zero-order valence-corrected chi connectivity index (χ0v) is 20.0. The number of rotatable bonds is 5. The van der Waals surface area contributed by atoms with Gasteiger partial charge in [0.2, 0.25) is 5.88 Å². The third kappa shape index (κ3) is 4.35. The van der Waals surface area contributed by atoms with Crippen LogP contribution in [0.4, 0.5) is 0 Å². The molecule has 0 radical (unpaired) electrons. The van der Waals surface area contributed by atoms with E-state index in [0.717, 1.165) is 10.8 Å². The van der Waals surface area contributed by atoms with Gasteiger partial charge in [-0.05, 0) is 26.2 Å². The van der Waals surface area contributed by atoms with Crippen molar-refractivity contribution in [1.29, 1.82) is 0 Å². The summed E-state index contributed by atoms with van der Waals surface area (Å²) < 4.78 is 6.49. The molecule has 1 aliphatic heterocycles. The lowest BCUT2D eigenvalue weighted by Crippen LogP contribution is -2.41. The fourth-order valence-electron chi connectivity index (χ4n) is 4.50. The number of allylic oxidation sites excluding steroid dienone is 1. The molecule has 1 unspecified atom stereocenters. The van der Waals surface area contributed by atoms with Gasteiger partial charge in [0.15, 0.2) is 11.6 Å². The number of hydrogen-bond acceptors (Lipinski definition) is 4. The minimum absolute atomic E-state index is 0.141. The van der Waals surface area contributed by atoms with Gasteiger partial charge in [0.1, 0.15) is 5.75 Å². The molecule has 4 aromatic carbocycles. The highest BCUT2D eigenvalue weighted by atomic mass is 16.5. The molecule has 0 aromatic heterocycles. The van der Waals surface area contributed by atoms with Gasteiger partial charge in [0.25, 0.3) is 0 Å². The standard InChI is InChI=1S/C31H27NO3/c1-31(2,3)32-30-26(28(34)22-15-8-5-9-16-22)25(27(33)21-13-6-4-7-14-21)24-19-18-20-12-10-11-17-23(20)29(24)35-30/h4-19,25,32H,1-3H3. The van der Waals surface area contributed by atoms with Crippen LogP contribution in [0.1, 0.15) is 53.0 Å². The summed E-state index contributed by atoms with van der Waals surface area (Å²) in [6.45, 7) is 6.00. The topological polar surface area (TPSA) is 55.4 Å². The average Bonchev–Trinajstić information content (AvgIpc) is 2.87. The summed E-state index contributed by atoms with van der Waals surface area (Å²) in [5, 5.41) is 5.29. The number of fused-ring (bicyclic) bond motifs is 3. The summed E-state index contributed by atoms with van der Waals surface area (Å²) in [5.74, 6) is -0.259. The van der Waals surface area contributed by atoms with Crippen molar-refractivity contribution in [3.05, 3.63) is 125 Å². The number of hydrogen-bond donors (Lipinski definition) is 1. The molecule has 35 heavy (non-hydrogen) atoms. The Labute approximate surface area is 205 Å². The zero-order valence-electron chi connectivity index (χ0n) is 20.0. The first-order chi connectivity index (χ1) is 16.8. The summed E-state index contributed by atoms with van der Waals surface area (Å²) in [6, 6.07) is 30.0. The Hall–Kier alpha value is -4.18. The molecule has 174 valence electrons. The summed E-state index contributed by atoms with van der Waals surface area (Å²) in [4.78, 5) is 28.1. The van der Waals surface area contributed by atoms with Gasteiger partial charge in [0.05, 0.1) is 11.5 Å². The molecule has 1 heterocycles. The Kier molecular flexibility index (Phi) is 5.73. The van der Waals surface area contributed by atoms with E-state index in [9.17, 15) is 9.59 Å². The molecule has 0 spiro atoms. The van der Waals surface area contributed by atoms with Crippen LogP contribution in [-0.4, -0.2) is 17.1 Å². The molecule has 0 fully saturated rings. The summed E-state index contributed by atoms with van der Waals surface area (Å²) in [7, 11) is 0. The molecular formula is C31H27NO3. The number of Topliss-reactive ketones (excluding diaryl/α,β-unsaturated/α-hetero) is 2. The smallest absolute Gasteiger partial charge is 0.202 e. The van der Waals surface area contributed by atoms with Gasteiger partial charge in [-0.2, -0.15) is 0 Å². The molecule has 5 rings (SSSR count). The van der Waals surface area contributed by atoms with Crippen LogP contribution in [0.25, 0.3) is 10.8 Å². The quantitative estimate of drug-likeness (QED) is 0.337. The summed E-state index contributed by atoms with van der Waals surface area (Å²) >= 11 is 0. The highest BCUT2D eigenvalue weighted by Crippen LogP contribution is 2.45. The first kappa shape index (κ1) is 22.6. The average molecular weight is 462 g/mol. The van der Waals surface area contributed by atoms with Crippen LogP contribution in [0.3, 0.4) is 0 Å². The molecule has 1 N–H and O–H groups in total. The van der Waals surface area contributed by atoms with E-state index >= 15 is 0 Å². The van der Waals surface area contributed by atoms with Gasteiger partial charge >= 0.3 is 0 Å². The van der Waals surface area contributed by atoms with E-state index in [0.29, 0.717) is 33.9 Å². The maximum atomic E-state index is 14.1. The van der Waals surface area contributed by atoms with E-state index in [1.54, 1.807) is 24.3 Å². The third-order valence-electron chi connectivity index (χ3n) is 6.05. The Bertz CT molecular complexity index is 1450. The second-order valence-electron chi connectivity index (χ2n) is 9.78. The Morgan fingerprint density at radius 2 is 1.34 bits per heavy atom. The van der Waals surface area contributed by atoms with Crippen molar-refractivity contribution >= 4 is 22.3 Å². The number of carbonyl (C=O) groups is 2. The zero-order chi connectivity index (χ0) is 24.6. The van der Waals surface area contributed by atoms with Crippen LogP contribution in [0.5, 0.6) is 5.75 Å². The Balaban J connectivity index is 1.79. The lowest BCUT2D eigenvalue weighted by molar-refractivity contribution is 0.0926. The maximum absolute atomic E-state index is 14.1. The van der Waals surface area contributed by atoms with Gasteiger partial charge in [-0.1, -0.05) is 97.1 Å². The molecule has 0 bridgehead atoms. The molecule has 4 heteroatoms. The first-order valence-electron chi connectivity index (χ1n) is 11.7. The molecular weight excluding hydrogens is 434 g/mol. The lowest BCUT2D eigenvalue weighted by atomic mass is 9.79. The molecule has 0 saturated heterocycles. The van der Waals surface area contributed by atoms with Crippen molar-refractivity contribution in [3.63, 3.8) is 0 Å². The van der Waals surface area contributed by atoms with Crippen molar-refractivity contribution < 1.29 is 14.3 Å². The molecule has 0 saturated carbocycles. The minimum atomic E-state index is -0.816. The predicted molar refractivity (Wildman–Crippen MR) is 139 cm³/mol. The van der Waals surface area contributed by atoms with Gasteiger partial charge < -0.3 is 10.1 Å². The lowest BCUT2D eigenvalue weighted by Gasteiger charge is -2.34. The molecule has 1 aliphatic rings. The monoisotopic (exact) mass is 461 g/mol. The summed E-state index contributed by atoms with van der Waals surface area (Å²) in [5.41, 5.74) is 1.67. The number of ether oxygens (including phenoxy) is 1. The maximum Gasteiger partial charge on any atom is 0.202 e. The van der Waals surface area contributed by atoms with Crippen molar-refractivity contribution in [2.45, 2.75) is 32.2 Å². The SMILES string of the molecule is CC(C)(C)NC1=C(C(=O)c2ccccc2)C(C(=O)c2ccccc2)c2ccc3ccccc3c2O1. The van der Waals surface area contributed by atoms with Gasteiger partial charge in [-0.25, -0.2) is 0 Å². The first-order valence-corrected chi connectivity index (χ1v) is 11.7. The summed E-state index contributed by atoms with van der Waals surface area (Å²) in [6.07, 6.45) is 0. The Morgan fingerprint density at radius 3 is 2.00 bits per heavy atom. The van der Waals surface area contributed by atoms with E-state index in [-0.39, 0.29) is 11.6 Å². The van der Waals surface area contributed by atoms with Gasteiger partial charge in [-0.15, -0.1) is 0 Å². The molecule has 4 nitrogen and oxygen atoms in total. The van der Waals surface area contributed by atoms with Crippen LogP contribution in [0.2, 0.25) is 0 Å². The minimum Gasteiger partial charge on any atom is -0.440 e. The molecule has 1 atom stereocenters. The second-order valence-corrected chi connectivity index (χ2v) is 9.78. The van der Waals surface area contributed by atoms with Crippen molar-refractivity contribution in [2.75, 3.05) is 0 Å². The van der Waals surface area contributed by atoms with Crippen LogP contribution in [-0.2, 0) is 0 Å². The predicted octanol–water partition coefficient (Wildman–Crippen LogP) is 6.68. The highest BCUT2D eigenvalue weighted by Gasteiger charge is 2.40. The fourth-order valence-corrected chi connectivity index (χ4v) is 4.50. The fraction of sp³-hybridized carbons (Fsp3) is 0.161. The molecule has 0 amide bonds. The van der Waals surface area contributed by atoms with E-state index in [2.05, 4.69) is 5.32 Å².